The molecule has 148 valence electrons. The number of anilines is 2. The second kappa shape index (κ2) is 7.27. The zero-order valence-electron chi connectivity index (χ0n) is 15.0. The summed E-state index contributed by atoms with van der Waals surface area (Å²) in [5, 5.41) is 13.6. The van der Waals surface area contributed by atoms with Crippen LogP contribution in [-0.4, -0.2) is 39.1 Å². The summed E-state index contributed by atoms with van der Waals surface area (Å²) in [7, 11) is 0. The standard InChI is InChI=1S/C18H18F3N5O2/c1-11-10-12(2-3-14(11)28-13-6-8-27-9-7-13)22-15-4-5-16-23-24-17(18(19,20)21)26(16)25-15/h2-5,10,13H,6-9H2,1H3,(H,22,25). The zero-order chi connectivity index (χ0) is 19.7. The number of halogens is 3. The van der Waals surface area contributed by atoms with Crippen molar-refractivity contribution in [3.63, 3.8) is 0 Å². The van der Waals surface area contributed by atoms with Crippen LogP contribution in [0.15, 0.2) is 30.3 Å². The van der Waals surface area contributed by atoms with E-state index in [1.165, 1.54) is 6.07 Å². The summed E-state index contributed by atoms with van der Waals surface area (Å²) in [4.78, 5) is 0. The van der Waals surface area contributed by atoms with E-state index in [9.17, 15) is 13.2 Å². The van der Waals surface area contributed by atoms with Crippen LogP contribution in [0.5, 0.6) is 5.75 Å². The number of rotatable bonds is 4. The Labute approximate surface area is 158 Å². The van der Waals surface area contributed by atoms with Crippen LogP contribution in [-0.2, 0) is 10.9 Å². The first-order valence-corrected chi connectivity index (χ1v) is 8.82. The second-order valence-corrected chi connectivity index (χ2v) is 6.54. The Hall–Kier alpha value is -2.88. The topological polar surface area (TPSA) is 73.6 Å². The Morgan fingerprint density at radius 1 is 1.14 bits per heavy atom. The summed E-state index contributed by atoms with van der Waals surface area (Å²) in [6, 6.07) is 8.46. The smallest absolute Gasteiger partial charge is 0.453 e. The van der Waals surface area contributed by atoms with Gasteiger partial charge in [0.15, 0.2) is 11.5 Å². The van der Waals surface area contributed by atoms with Crippen LogP contribution in [0.1, 0.15) is 24.2 Å². The van der Waals surface area contributed by atoms with Crippen molar-refractivity contribution in [1.82, 2.24) is 19.8 Å². The van der Waals surface area contributed by atoms with Crippen LogP contribution in [0.2, 0.25) is 0 Å². The number of hydrogen-bond acceptors (Lipinski definition) is 6. The van der Waals surface area contributed by atoms with Crippen molar-refractivity contribution < 1.29 is 22.6 Å². The Bertz CT molecular complexity index is 983. The molecule has 0 spiro atoms. The van der Waals surface area contributed by atoms with Crippen LogP contribution < -0.4 is 10.1 Å². The largest absolute Gasteiger partial charge is 0.490 e. The molecule has 0 aliphatic carbocycles. The summed E-state index contributed by atoms with van der Waals surface area (Å²) in [5.41, 5.74) is 1.62. The normalized spacial score (nSPS) is 15.7. The first kappa shape index (κ1) is 18.5. The van der Waals surface area contributed by atoms with Crippen LogP contribution in [0.4, 0.5) is 24.7 Å². The fourth-order valence-electron chi connectivity index (χ4n) is 3.01. The monoisotopic (exact) mass is 393 g/mol. The summed E-state index contributed by atoms with van der Waals surface area (Å²) in [6.07, 6.45) is -2.80. The number of aryl methyl sites for hydroxylation is 1. The average molecular weight is 393 g/mol. The molecular formula is C18H18F3N5O2. The lowest BCUT2D eigenvalue weighted by Gasteiger charge is -2.24. The number of nitrogens with zero attached hydrogens (tertiary/aromatic N) is 4. The van der Waals surface area contributed by atoms with E-state index >= 15 is 0 Å². The maximum atomic E-state index is 13.0. The molecule has 3 aromatic rings. The number of ether oxygens (including phenoxy) is 2. The Kier molecular flexibility index (Phi) is 4.80. The molecule has 0 unspecified atom stereocenters. The Balaban J connectivity index is 1.53. The number of benzene rings is 1. The van der Waals surface area contributed by atoms with Gasteiger partial charge in [0.25, 0.3) is 5.82 Å². The fourth-order valence-corrected chi connectivity index (χ4v) is 3.01. The molecule has 1 aliphatic heterocycles. The van der Waals surface area contributed by atoms with Gasteiger partial charge in [-0.1, -0.05) is 0 Å². The van der Waals surface area contributed by atoms with Gasteiger partial charge in [0.2, 0.25) is 0 Å². The van der Waals surface area contributed by atoms with Crippen molar-refractivity contribution in [3.8, 4) is 5.75 Å². The third-order valence-corrected chi connectivity index (χ3v) is 4.43. The maximum absolute atomic E-state index is 13.0. The summed E-state index contributed by atoms with van der Waals surface area (Å²) < 4.78 is 51.0. The maximum Gasteiger partial charge on any atom is 0.453 e. The van der Waals surface area contributed by atoms with E-state index in [0.717, 1.165) is 24.2 Å². The minimum Gasteiger partial charge on any atom is -0.490 e. The average Bonchev–Trinajstić information content (AvgIpc) is 3.08. The molecule has 1 aromatic carbocycles. The molecule has 1 fully saturated rings. The second-order valence-electron chi connectivity index (χ2n) is 6.54. The van der Waals surface area contributed by atoms with Crippen LogP contribution >= 0.6 is 0 Å². The molecule has 0 atom stereocenters. The summed E-state index contributed by atoms with van der Waals surface area (Å²) in [6.45, 7) is 3.30. The molecule has 28 heavy (non-hydrogen) atoms. The van der Waals surface area contributed by atoms with E-state index in [0.29, 0.717) is 23.4 Å². The molecule has 2 aromatic heterocycles. The summed E-state index contributed by atoms with van der Waals surface area (Å²) >= 11 is 0. The van der Waals surface area contributed by atoms with Crippen LogP contribution in [0.3, 0.4) is 0 Å². The molecule has 7 nitrogen and oxygen atoms in total. The molecule has 0 bridgehead atoms. The number of hydrogen-bond donors (Lipinski definition) is 1. The minimum absolute atomic E-state index is 0.0225. The number of aromatic nitrogens is 4. The SMILES string of the molecule is Cc1cc(Nc2ccc3nnc(C(F)(F)F)n3n2)ccc1OC1CCOCC1. The predicted molar refractivity (Wildman–Crippen MR) is 94.7 cm³/mol. The van der Waals surface area contributed by atoms with E-state index in [1.807, 2.05) is 19.1 Å². The van der Waals surface area contributed by atoms with Crippen molar-refractivity contribution in [2.24, 2.45) is 0 Å². The van der Waals surface area contributed by atoms with E-state index < -0.39 is 12.0 Å². The molecular weight excluding hydrogens is 375 g/mol. The highest BCUT2D eigenvalue weighted by Crippen LogP contribution is 2.29. The molecule has 0 amide bonds. The fraction of sp³-hybridized carbons (Fsp3) is 0.389. The molecule has 0 saturated carbocycles. The van der Waals surface area contributed by atoms with Crippen LogP contribution in [0, 0.1) is 6.92 Å². The minimum atomic E-state index is -4.63. The lowest BCUT2D eigenvalue weighted by Crippen LogP contribution is -2.26. The van der Waals surface area contributed by atoms with Crippen molar-refractivity contribution in [1.29, 1.82) is 0 Å². The highest BCUT2D eigenvalue weighted by molar-refractivity contribution is 5.60. The van der Waals surface area contributed by atoms with Gasteiger partial charge in [-0.3, -0.25) is 0 Å². The third kappa shape index (κ3) is 3.86. The summed E-state index contributed by atoms with van der Waals surface area (Å²) in [5.74, 6) is -0.142. The Morgan fingerprint density at radius 3 is 2.64 bits per heavy atom. The highest BCUT2D eigenvalue weighted by atomic mass is 19.4. The Morgan fingerprint density at radius 2 is 1.93 bits per heavy atom. The molecule has 3 heterocycles. The van der Waals surface area contributed by atoms with Crippen LogP contribution in [0.25, 0.3) is 5.65 Å². The van der Waals surface area contributed by atoms with Crippen molar-refractivity contribution in [2.45, 2.75) is 32.0 Å². The first-order valence-electron chi connectivity index (χ1n) is 8.82. The molecule has 4 rings (SSSR count). The van der Waals surface area contributed by atoms with Gasteiger partial charge in [0.05, 0.1) is 13.2 Å². The number of alkyl halides is 3. The van der Waals surface area contributed by atoms with Crippen molar-refractivity contribution >= 4 is 17.2 Å². The molecule has 1 aliphatic rings. The highest BCUT2D eigenvalue weighted by Gasteiger charge is 2.37. The van der Waals surface area contributed by atoms with E-state index in [-0.39, 0.29) is 17.6 Å². The van der Waals surface area contributed by atoms with Gasteiger partial charge in [-0.25, -0.2) is 0 Å². The number of fused-ring (bicyclic) bond motifs is 1. The number of nitrogens with one attached hydrogen (secondary N) is 1. The molecule has 1 saturated heterocycles. The third-order valence-electron chi connectivity index (χ3n) is 4.43. The van der Waals surface area contributed by atoms with E-state index in [4.69, 9.17) is 9.47 Å². The van der Waals surface area contributed by atoms with Gasteiger partial charge >= 0.3 is 6.18 Å². The first-order chi connectivity index (χ1) is 13.4. The molecule has 0 radical (unpaired) electrons. The van der Waals surface area contributed by atoms with Gasteiger partial charge in [0, 0.05) is 18.5 Å². The molecule has 10 heteroatoms. The van der Waals surface area contributed by atoms with Crippen molar-refractivity contribution in [2.75, 3.05) is 18.5 Å². The van der Waals surface area contributed by atoms with E-state index in [1.54, 1.807) is 12.1 Å². The van der Waals surface area contributed by atoms with Crippen molar-refractivity contribution in [3.05, 3.63) is 41.7 Å². The molecule has 1 N–H and O–H groups in total. The lowest BCUT2D eigenvalue weighted by atomic mass is 10.1. The van der Waals surface area contributed by atoms with Gasteiger partial charge in [-0.05, 0) is 42.8 Å². The van der Waals surface area contributed by atoms with Gasteiger partial charge in [-0.15, -0.1) is 15.3 Å². The van der Waals surface area contributed by atoms with E-state index in [2.05, 4.69) is 20.6 Å². The lowest BCUT2D eigenvalue weighted by molar-refractivity contribution is -0.146. The zero-order valence-corrected chi connectivity index (χ0v) is 15.0. The van der Waals surface area contributed by atoms with Gasteiger partial charge < -0.3 is 14.8 Å². The van der Waals surface area contributed by atoms with Gasteiger partial charge in [-0.2, -0.15) is 17.7 Å². The van der Waals surface area contributed by atoms with Gasteiger partial charge in [0.1, 0.15) is 11.9 Å². The quantitative estimate of drug-likeness (QED) is 0.728. The predicted octanol–water partition coefficient (Wildman–Crippen LogP) is 3.75.